The lowest BCUT2D eigenvalue weighted by Gasteiger charge is -2.56. The predicted octanol–water partition coefficient (Wildman–Crippen LogP) is 1.74. The molecule has 0 aromatic heterocycles. The second-order valence-electron chi connectivity index (χ2n) is 7.90. The Bertz CT molecular complexity index is 440. The molecule has 0 spiro atoms. The van der Waals surface area contributed by atoms with E-state index in [9.17, 15) is 14.7 Å². The second-order valence-corrected chi connectivity index (χ2v) is 7.90. The maximum atomic E-state index is 12.3. The number of carbonyl (C=O) groups is 2. The quantitative estimate of drug-likeness (QED) is 0.802. The van der Waals surface area contributed by atoms with Crippen molar-refractivity contribution in [3.8, 4) is 0 Å². The fraction of sp³-hybridized carbons (Fsp3) is 0.875. The van der Waals surface area contributed by atoms with Gasteiger partial charge in [-0.15, -0.1) is 0 Å². The highest BCUT2D eigenvalue weighted by Gasteiger charge is 2.51. The molecule has 2 unspecified atom stereocenters. The maximum Gasteiger partial charge on any atom is 0.227 e. The van der Waals surface area contributed by atoms with E-state index in [2.05, 4.69) is 0 Å². The Kier molecular flexibility index (Phi) is 3.85. The number of carbonyl (C=O) groups excluding carboxylic acids is 2. The molecule has 0 aromatic carbocycles. The van der Waals surface area contributed by atoms with Crippen molar-refractivity contribution in [2.24, 2.45) is 5.92 Å². The molecule has 0 bridgehead atoms. The van der Waals surface area contributed by atoms with Gasteiger partial charge in [0.2, 0.25) is 11.8 Å². The normalized spacial score (nSPS) is 32.6. The van der Waals surface area contributed by atoms with Crippen molar-refractivity contribution < 1.29 is 14.7 Å². The molecule has 2 saturated heterocycles. The van der Waals surface area contributed by atoms with E-state index >= 15 is 0 Å². The van der Waals surface area contributed by atoms with E-state index < -0.39 is 6.23 Å². The van der Waals surface area contributed by atoms with E-state index in [1.165, 1.54) is 0 Å². The minimum absolute atomic E-state index is 0.0157. The minimum Gasteiger partial charge on any atom is -0.373 e. The van der Waals surface area contributed by atoms with Gasteiger partial charge in [0.25, 0.3) is 0 Å². The van der Waals surface area contributed by atoms with Crippen molar-refractivity contribution in [3.63, 3.8) is 0 Å². The molecule has 2 atom stereocenters. The van der Waals surface area contributed by atoms with E-state index in [4.69, 9.17) is 0 Å². The lowest BCUT2D eigenvalue weighted by molar-refractivity contribution is -0.157. The zero-order chi connectivity index (χ0) is 16.2. The summed E-state index contributed by atoms with van der Waals surface area (Å²) in [5.41, 5.74) is -0.659. The van der Waals surface area contributed by atoms with Crippen molar-refractivity contribution >= 4 is 11.8 Å². The van der Waals surface area contributed by atoms with Crippen LogP contribution in [0, 0.1) is 5.92 Å². The van der Waals surface area contributed by atoms with Crippen LogP contribution in [0.1, 0.15) is 60.8 Å². The third-order valence-electron chi connectivity index (χ3n) is 4.95. The number of amides is 2. The maximum absolute atomic E-state index is 12.3. The Labute approximate surface area is 127 Å². The van der Waals surface area contributed by atoms with Gasteiger partial charge < -0.3 is 14.9 Å². The van der Waals surface area contributed by atoms with Gasteiger partial charge in [0.15, 0.2) is 0 Å². The molecule has 2 fully saturated rings. The molecule has 2 rings (SSSR count). The van der Waals surface area contributed by atoms with E-state index in [-0.39, 0.29) is 34.9 Å². The monoisotopic (exact) mass is 296 g/mol. The van der Waals surface area contributed by atoms with Crippen LogP contribution >= 0.6 is 0 Å². The molecule has 21 heavy (non-hydrogen) atoms. The van der Waals surface area contributed by atoms with Gasteiger partial charge in [-0.25, -0.2) is 0 Å². The van der Waals surface area contributed by atoms with Gasteiger partial charge in [0.05, 0.1) is 0 Å². The van der Waals surface area contributed by atoms with Crippen molar-refractivity contribution in [3.05, 3.63) is 0 Å². The molecular formula is C16H28N2O3. The summed E-state index contributed by atoms with van der Waals surface area (Å²) < 4.78 is 0. The summed E-state index contributed by atoms with van der Waals surface area (Å²) in [6.45, 7) is 11.6. The Morgan fingerprint density at radius 2 is 1.67 bits per heavy atom. The number of nitrogens with zero attached hydrogens (tertiary/aromatic N) is 2. The number of rotatable bonds is 1. The Hall–Kier alpha value is -1.10. The van der Waals surface area contributed by atoms with Gasteiger partial charge in [0.1, 0.15) is 6.23 Å². The van der Waals surface area contributed by atoms with Gasteiger partial charge in [0, 0.05) is 36.4 Å². The Balaban J connectivity index is 2.30. The average molecular weight is 296 g/mol. The molecule has 2 amide bonds. The van der Waals surface area contributed by atoms with Crippen LogP contribution in [0.5, 0.6) is 0 Å². The molecule has 1 N–H and O–H groups in total. The van der Waals surface area contributed by atoms with Crippen LogP contribution in [0.4, 0.5) is 0 Å². The van der Waals surface area contributed by atoms with E-state index in [1.54, 1.807) is 11.8 Å². The molecule has 0 radical (unpaired) electrons. The summed E-state index contributed by atoms with van der Waals surface area (Å²) in [5.74, 6) is -0.0162. The number of likely N-dealkylation sites (tertiary alicyclic amines) is 2. The summed E-state index contributed by atoms with van der Waals surface area (Å²) in [5, 5.41) is 10.2. The lowest BCUT2D eigenvalue weighted by Crippen LogP contribution is -2.66. The first-order valence-electron chi connectivity index (χ1n) is 7.78. The van der Waals surface area contributed by atoms with Crippen LogP contribution in [0.15, 0.2) is 0 Å². The molecule has 5 nitrogen and oxygen atoms in total. The van der Waals surface area contributed by atoms with Crippen molar-refractivity contribution in [2.75, 3.05) is 0 Å². The number of piperidine rings is 1. The van der Waals surface area contributed by atoms with Crippen LogP contribution < -0.4 is 0 Å². The van der Waals surface area contributed by atoms with Crippen LogP contribution in [-0.2, 0) is 9.59 Å². The zero-order valence-corrected chi connectivity index (χ0v) is 14.0. The average Bonchev–Trinajstić information content (AvgIpc) is 2.47. The fourth-order valence-electron chi connectivity index (χ4n) is 4.63. The largest absolute Gasteiger partial charge is 0.373 e. The molecule has 5 heteroatoms. The third kappa shape index (κ3) is 2.68. The number of aliphatic hydroxyl groups is 1. The SMILES string of the molecule is CC(=O)N1C(C)(C)CC(N2C(=O)C(C)CC2O)CC1(C)C. The van der Waals surface area contributed by atoms with Gasteiger partial charge in [-0.3, -0.25) is 9.59 Å². The predicted molar refractivity (Wildman–Crippen MR) is 80.3 cm³/mol. The molecule has 2 heterocycles. The lowest BCUT2D eigenvalue weighted by atomic mass is 9.76. The smallest absolute Gasteiger partial charge is 0.227 e. The number of hydrogen-bond acceptors (Lipinski definition) is 3. The van der Waals surface area contributed by atoms with Crippen LogP contribution in [0.3, 0.4) is 0 Å². The molecule has 0 saturated carbocycles. The van der Waals surface area contributed by atoms with Crippen molar-refractivity contribution in [1.82, 2.24) is 9.80 Å². The highest BCUT2D eigenvalue weighted by atomic mass is 16.3. The fourth-order valence-corrected chi connectivity index (χ4v) is 4.63. The van der Waals surface area contributed by atoms with E-state index in [1.807, 2.05) is 39.5 Å². The molecule has 0 aromatic rings. The minimum atomic E-state index is -0.687. The van der Waals surface area contributed by atoms with Gasteiger partial charge in [-0.2, -0.15) is 0 Å². The van der Waals surface area contributed by atoms with Crippen molar-refractivity contribution in [2.45, 2.75) is 84.2 Å². The Morgan fingerprint density at radius 1 is 1.19 bits per heavy atom. The zero-order valence-electron chi connectivity index (χ0n) is 14.0. The third-order valence-corrected chi connectivity index (χ3v) is 4.95. The molecule has 0 aliphatic carbocycles. The first-order chi connectivity index (χ1) is 9.47. The number of hydrogen-bond donors (Lipinski definition) is 1. The van der Waals surface area contributed by atoms with Gasteiger partial charge >= 0.3 is 0 Å². The summed E-state index contributed by atoms with van der Waals surface area (Å²) in [6.07, 6.45) is 1.22. The Morgan fingerprint density at radius 3 is 2.00 bits per heavy atom. The number of aliphatic hydroxyl groups excluding tert-OH is 1. The topological polar surface area (TPSA) is 60.9 Å². The van der Waals surface area contributed by atoms with Crippen molar-refractivity contribution in [1.29, 1.82) is 0 Å². The second kappa shape index (κ2) is 4.97. The first kappa shape index (κ1) is 16.3. The van der Waals surface area contributed by atoms with Crippen LogP contribution in [0.25, 0.3) is 0 Å². The molecule has 2 aliphatic heterocycles. The summed E-state index contributed by atoms with van der Waals surface area (Å²) in [6, 6.07) is -0.0157. The molecular weight excluding hydrogens is 268 g/mol. The van der Waals surface area contributed by atoms with Crippen LogP contribution in [0.2, 0.25) is 0 Å². The van der Waals surface area contributed by atoms with Gasteiger partial charge in [-0.1, -0.05) is 6.92 Å². The standard InChI is InChI=1S/C16H28N2O3/c1-10-7-13(20)17(14(10)21)12-8-15(3,4)18(11(2)19)16(5,6)9-12/h10,12-13,20H,7-9H2,1-6H3. The van der Waals surface area contributed by atoms with E-state index in [0.717, 1.165) is 0 Å². The summed E-state index contributed by atoms with van der Waals surface area (Å²) in [4.78, 5) is 28.0. The highest BCUT2D eigenvalue weighted by molar-refractivity contribution is 5.81. The van der Waals surface area contributed by atoms with Gasteiger partial charge in [-0.05, 0) is 40.5 Å². The molecule has 2 aliphatic rings. The van der Waals surface area contributed by atoms with E-state index in [0.29, 0.717) is 19.3 Å². The summed E-state index contributed by atoms with van der Waals surface area (Å²) in [7, 11) is 0. The first-order valence-corrected chi connectivity index (χ1v) is 7.78. The highest BCUT2D eigenvalue weighted by Crippen LogP contribution is 2.42. The summed E-state index contributed by atoms with van der Waals surface area (Å²) >= 11 is 0. The molecule has 120 valence electrons. The van der Waals surface area contributed by atoms with Crippen LogP contribution in [-0.4, -0.2) is 50.1 Å².